The molecule has 0 amide bonds. The average Bonchev–Trinajstić information content (AvgIpc) is 2.37. The SMILES string of the molecule is CC1(C)[C@@H](Cl)CC[C@]2(C)OC(=O)C[C@@H]12. The van der Waals surface area contributed by atoms with Gasteiger partial charge in [0.25, 0.3) is 0 Å². The quantitative estimate of drug-likeness (QED) is 0.460. The summed E-state index contributed by atoms with van der Waals surface area (Å²) in [7, 11) is 0. The summed E-state index contributed by atoms with van der Waals surface area (Å²) in [6.07, 6.45) is 2.38. The number of rotatable bonds is 0. The minimum atomic E-state index is -0.258. The first-order valence-electron chi connectivity index (χ1n) is 5.22. The average molecular weight is 217 g/mol. The number of esters is 1. The third-order valence-corrected chi connectivity index (χ3v) is 4.84. The van der Waals surface area contributed by atoms with Gasteiger partial charge in [-0.1, -0.05) is 13.8 Å². The van der Waals surface area contributed by atoms with E-state index in [9.17, 15) is 4.79 Å². The summed E-state index contributed by atoms with van der Waals surface area (Å²) in [5.74, 6) is 0.218. The molecule has 0 N–H and O–H groups in total. The van der Waals surface area contributed by atoms with Crippen LogP contribution in [0.15, 0.2) is 0 Å². The second-order valence-corrected chi connectivity index (χ2v) is 5.90. The van der Waals surface area contributed by atoms with Gasteiger partial charge in [0.2, 0.25) is 0 Å². The van der Waals surface area contributed by atoms with Gasteiger partial charge in [0.1, 0.15) is 5.60 Å². The Morgan fingerprint density at radius 3 is 2.71 bits per heavy atom. The Labute approximate surface area is 90.0 Å². The predicted octanol–water partition coefficient (Wildman–Crippen LogP) is 2.74. The molecule has 1 heterocycles. The van der Waals surface area contributed by atoms with E-state index < -0.39 is 0 Å². The fourth-order valence-corrected chi connectivity index (χ4v) is 3.30. The van der Waals surface area contributed by atoms with E-state index in [0.29, 0.717) is 6.42 Å². The van der Waals surface area contributed by atoms with Gasteiger partial charge >= 0.3 is 5.97 Å². The van der Waals surface area contributed by atoms with Crippen LogP contribution in [0.1, 0.15) is 40.0 Å². The maximum absolute atomic E-state index is 11.3. The second kappa shape index (κ2) is 2.88. The standard InChI is InChI=1S/C11H17ClO2/c1-10(2)7-6-9(13)14-11(7,3)5-4-8(10)12/h7-8H,4-6H2,1-3H3/t7-,8-,11-/m0/s1. The lowest BCUT2D eigenvalue weighted by Gasteiger charge is -2.47. The molecule has 1 saturated heterocycles. The first-order valence-corrected chi connectivity index (χ1v) is 5.66. The predicted molar refractivity (Wildman–Crippen MR) is 55.3 cm³/mol. The van der Waals surface area contributed by atoms with Crippen molar-refractivity contribution in [3.8, 4) is 0 Å². The van der Waals surface area contributed by atoms with E-state index >= 15 is 0 Å². The van der Waals surface area contributed by atoms with Crippen molar-refractivity contribution in [2.75, 3.05) is 0 Å². The zero-order valence-electron chi connectivity index (χ0n) is 8.97. The number of ether oxygens (including phenoxy) is 1. The fraction of sp³-hybridized carbons (Fsp3) is 0.909. The molecule has 80 valence electrons. The maximum atomic E-state index is 11.3. The summed E-state index contributed by atoms with van der Waals surface area (Å²) in [6.45, 7) is 6.34. The van der Waals surface area contributed by atoms with Crippen molar-refractivity contribution in [1.82, 2.24) is 0 Å². The summed E-state index contributed by atoms with van der Waals surface area (Å²) < 4.78 is 5.44. The second-order valence-electron chi connectivity index (χ2n) is 5.37. The van der Waals surface area contributed by atoms with Crippen molar-refractivity contribution in [2.45, 2.75) is 51.0 Å². The Morgan fingerprint density at radius 1 is 1.43 bits per heavy atom. The number of halogens is 1. The Hall–Kier alpha value is -0.240. The molecule has 0 aromatic heterocycles. The van der Waals surface area contributed by atoms with Crippen molar-refractivity contribution in [1.29, 1.82) is 0 Å². The third-order valence-electron chi connectivity index (χ3n) is 4.05. The van der Waals surface area contributed by atoms with Gasteiger partial charge in [-0.2, -0.15) is 0 Å². The van der Waals surface area contributed by atoms with Crippen LogP contribution < -0.4 is 0 Å². The Bertz CT molecular complexity index is 274. The van der Waals surface area contributed by atoms with E-state index in [2.05, 4.69) is 13.8 Å². The first-order chi connectivity index (χ1) is 6.36. The van der Waals surface area contributed by atoms with Crippen molar-refractivity contribution in [3.05, 3.63) is 0 Å². The molecule has 2 nitrogen and oxygen atoms in total. The number of hydrogen-bond donors (Lipinski definition) is 0. The largest absolute Gasteiger partial charge is 0.459 e. The zero-order valence-corrected chi connectivity index (χ0v) is 9.73. The van der Waals surface area contributed by atoms with Crippen LogP contribution in [0.2, 0.25) is 0 Å². The molecule has 2 fully saturated rings. The van der Waals surface area contributed by atoms with Crippen molar-refractivity contribution in [3.63, 3.8) is 0 Å². The molecule has 0 aromatic rings. The minimum absolute atomic E-state index is 0.000710. The lowest BCUT2D eigenvalue weighted by atomic mass is 9.61. The van der Waals surface area contributed by atoms with Gasteiger partial charge < -0.3 is 4.74 Å². The normalized spacial score (nSPS) is 45.9. The summed E-state index contributed by atoms with van der Waals surface area (Å²) in [6, 6.07) is 0. The smallest absolute Gasteiger partial charge is 0.306 e. The van der Waals surface area contributed by atoms with E-state index in [1.807, 2.05) is 6.92 Å². The third kappa shape index (κ3) is 1.27. The monoisotopic (exact) mass is 216 g/mol. The number of hydrogen-bond acceptors (Lipinski definition) is 2. The molecule has 0 unspecified atom stereocenters. The molecule has 0 bridgehead atoms. The summed E-state index contributed by atoms with van der Waals surface area (Å²) in [4.78, 5) is 11.3. The molecule has 1 saturated carbocycles. The molecular formula is C11H17ClO2. The topological polar surface area (TPSA) is 26.3 Å². The lowest BCUT2D eigenvalue weighted by molar-refractivity contribution is -0.151. The molecule has 3 atom stereocenters. The van der Waals surface area contributed by atoms with Crippen LogP contribution in [-0.4, -0.2) is 16.9 Å². The molecule has 1 aliphatic carbocycles. The van der Waals surface area contributed by atoms with Crippen LogP contribution in [0.5, 0.6) is 0 Å². The van der Waals surface area contributed by atoms with Gasteiger partial charge in [-0.25, -0.2) is 0 Å². The van der Waals surface area contributed by atoms with Crippen LogP contribution in [-0.2, 0) is 9.53 Å². The van der Waals surface area contributed by atoms with Crippen LogP contribution in [0.3, 0.4) is 0 Å². The van der Waals surface area contributed by atoms with Gasteiger partial charge in [-0.15, -0.1) is 11.6 Å². The summed E-state index contributed by atoms with van der Waals surface area (Å²) >= 11 is 6.32. The molecule has 0 radical (unpaired) electrons. The Morgan fingerprint density at radius 2 is 2.07 bits per heavy atom. The molecule has 1 aliphatic heterocycles. The van der Waals surface area contributed by atoms with E-state index in [-0.39, 0.29) is 28.3 Å². The van der Waals surface area contributed by atoms with E-state index in [4.69, 9.17) is 16.3 Å². The fourth-order valence-electron chi connectivity index (χ4n) is 3.03. The van der Waals surface area contributed by atoms with E-state index in [1.54, 1.807) is 0 Å². The van der Waals surface area contributed by atoms with Crippen LogP contribution in [0.25, 0.3) is 0 Å². The molecule has 0 spiro atoms. The zero-order chi connectivity index (χ0) is 10.6. The Balaban J connectivity index is 2.33. The number of carbonyl (C=O) groups is 1. The van der Waals surface area contributed by atoms with Gasteiger partial charge in [-0.05, 0) is 25.2 Å². The maximum Gasteiger partial charge on any atom is 0.306 e. The highest BCUT2D eigenvalue weighted by molar-refractivity contribution is 6.21. The van der Waals surface area contributed by atoms with Crippen molar-refractivity contribution < 1.29 is 9.53 Å². The highest BCUT2D eigenvalue weighted by Crippen LogP contribution is 2.54. The molecule has 0 aromatic carbocycles. The number of alkyl halides is 1. The van der Waals surface area contributed by atoms with E-state index in [0.717, 1.165) is 12.8 Å². The van der Waals surface area contributed by atoms with Gasteiger partial charge in [0.15, 0.2) is 0 Å². The molecular weight excluding hydrogens is 200 g/mol. The van der Waals surface area contributed by atoms with Crippen molar-refractivity contribution >= 4 is 17.6 Å². The highest BCUT2D eigenvalue weighted by atomic mass is 35.5. The van der Waals surface area contributed by atoms with Crippen molar-refractivity contribution in [2.24, 2.45) is 11.3 Å². The molecule has 14 heavy (non-hydrogen) atoms. The highest BCUT2D eigenvalue weighted by Gasteiger charge is 2.57. The summed E-state index contributed by atoms with van der Waals surface area (Å²) in [5.41, 5.74) is -0.257. The van der Waals surface area contributed by atoms with Crippen LogP contribution in [0.4, 0.5) is 0 Å². The summed E-state index contributed by atoms with van der Waals surface area (Å²) in [5, 5.41) is 0.162. The van der Waals surface area contributed by atoms with E-state index in [1.165, 1.54) is 0 Å². The molecule has 3 heteroatoms. The first kappa shape index (κ1) is 10.3. The van der Waals surface area contributed by atoms with Crippen LogP contribution in [0, 0.1) is 11.3 Å². The van der Waals surface area contributed by atoms with Gasteiger partial charge in [-0.3, -0.25) is 4.79 Å². The lowest BCUT2D eigenvalue weighted by Crippen LogP contribution is -2.49. The van der Waals surface area contributed by atoms with Gasteiger partial charge in [0.05, 0.1) is 6.42 Å². The molecule has 2 rings (SSSR count). The minimum Gasteiger partial charge on any atom is -0.459 e. The number of carbonyl (C=O) groups excluding carboxylic acids is 1. The number of fused-ring (bicyclic) bond motifs is 1. The van der Waals surface area contributed by atoms with Crippen LogP contribution >= 0.6 is 11.6 Å². The Kier molecular flexibility index (Phi) is 2.11. The molecule has 2 aliphatic rings. The van der Waals surface area contributed by atoms with Gasteiger partial charge in [0, 0.05) is 11.3 Å².